The molecule has 174 valence electrons. The summed E-state index contributed by atoms with van der Waals surface area (Å²) in [7, 11) is 0. The van der Waals surface area contributed by atoms with E-state index in [9.17, 15) is 9.59 Å². The third-order valence-electron chi connectivity index (χ3n) is 6.07. The molecule has 31 heavy (non-hydrogen) atoms. The predicted molar refractivity (Wildman–Crippen MR) is 125 cm³/mol. The summed E-state index contributed by atoms with van der Waals surface area (Å²) < 4.78 is 5.17. The zero-order chi connectivity index (χ0) is 22.2. The number of hydrogen-bond donors (Lipinski definition) is 3. The molecular weight excluding hydrogens is 390 g/mol. The van der Waals surface area contributed by atoms with Crippen LogP contribution in [0.4, 0.5) is 4.79 Å². The van der Waals surface area contributed by atoms with Gasteiger partial charge in [0.05, 0.1) is 6.04 Å². The van der Waals surface area contributed by atoms with Gasteiger partial charge in [-0.2, -0.15) is 0 Å². The van der Waals surface area contributed by atoms with Gasteiger partial charge in [-0.05, 0) is 43.6 Å². The van der Waals surface area contributed by atoms with Gasteiger partial charge in [0.2, 0.25) is 5.91 Å². The fourth-order valence-corrected chi connectivity index (χ4v) is 4.15. The zero-order valence-electron chi connectivity index (χ0n) is 19.0. The molecule has 0 aromatic heterocycles. The summed E-state index contributed by atoms with van der Waals surface area (Å²) in [5, 5.41) is 5.72. The van der Waals surface area contributed by atoms with Gasteiger partial charge >= 0.3 is 6.09 Å². The van der Waals surface area contributed by atoms with Crippen LogP contribution < -0.4 is 16.4 Å². The Balaban J connectivity index is 1.44. The lowest BCUT2D eigenvalue weighted by molar-refractivity contribution is -0.122. The molecule has 1 atom stereocenters. The maximum Gasteiger partial charge on any atom is 0.407 e. The van der Waals surface area contributed by atoms with Crippen LogP contribution in [0, 0.1) is 5.92 Å². The second kappa shape index (κ2) is 15.7. The van der Waals surface area contributed by atoms with Crippen molar-refractivity contribution >= 4 is 12.0 Å². The Hall–Kier alpha value is -2.08. The molecule has 6 nitrogen and oxygen atoms in total. The highest BCUT2D eigenvalue weighted by Crippen LogP contribution is 2.25. The van der Waals surface area contributed by atoms with Crippen molar-refractivity contribution in [2.45, 2.75) is 89.7 Å². The maximum atomic E-state index is 12.2. The van der Waals surface area contributed by atoms with Crippen molar-refractivity contribution in [3.8, 4) is 0 Å². The van der Waals surface area contributed by atoms with E-state index in [1.165, 1.54) is 51.4 Å². The molecule has 0 aliphatic heterocycles. The third-order valence-corrected chi connectivity index (χ3v) is 6.07. The molecule has 0 heterocycles. The van der Waals surface area contributed by atoms with Crippen LogP contribution in [0.5, 0.6) is 0 Å². The van der Waals surface area contributed by atoms with Crippen molar-refractivity contribution in [3.05, 3.63) is 35.9 Å². The highest BCUT2D eigenvalue weighted by Gasteiger charge is 2.14. The van der Waals surface area contributed by atoms with Crippen LogP contribution in [0.25, 0.3) is 0 Å². The molecule has 2 amide bonds. The molecule has 0 spiro atoms. The van der Waals surface area contributed by atoms with Crippen LogP contribution in [-0.2, 0) is 16.1 Å². The quantitative estimate of drug-likeness (QED) is 0.419. The number of amides is 2. The highest BCUT2D eigenvalue weighted by molar-refractivity contribution is 5.81. The topological polar surface area (TPSA) is 93.4 Å². The van der Waals surface area contributed by atoms with Gasteiger partial charge in [-0.25, -0.2) is 4.79 Å². The molecule has 1 aromatic carbocycles. The molecule has 6 heteroatoms. The number of nitrogens with one attached hydrogen (secondary N) is 2. The molecule has 0 saturated heterocycles. The van der Waals surface area contributed by atoms with Crippen molar-refractivity contribution in [1.29, 1.82) is 0 Å². The standard InChI is InChI=1S/C25H41N3O3/c26-23(24(29)27-19-11-16-21-12-5-2-1-3-6-13-21)17-9-10-18-28-25(30)31-20-22-14-7-4-8-15-22/h4,7-8,14-15,21,23H,1-3,5-6,9-13,16-20,26H2,(H,27,29)(H,28,30)/t23-/m0/s1. The summed E-state index contributed by atoms with van der Waals surface area (Å²) in [6.07, 6.45) is 13.6. The number of carbonyl (C=O) groups is 2. The summed E-state index contributed by atoms with van der Waals surface area (Å²) in [5.74, 6) is 0.769. The molecule has 0 bridgehead atoms. The molecule has 4 N–H and O–H groups in total. The highest BCUT2D eigenvalue weighted by atomic mass is 16.5. The van der Waals surface area contributed by atoms with Crippen molar-refractivity contribution < 1.29 is 14.3 Å². The maximum absolute atomic E-state index is 12.2. The number of alkyl carbamates (subject to hydrolysis) is 1. The van der Waals surface area contributed by atoms with E-state index in [0.29, 0.717) is 13.0 Å². The first-order chi connectivity index (χ1) is 15.1. The van der Waals surface area contributed by atoms with Gasteiger partial charge in [0, 0.05) is 13.1 Å². The minimum atomic E-state index is -0.480. The van der Waals surface area contributed by atoms with Crippen LogP contribution in [0.1, 0.15) is 82.6 Å². The zero-order valence-corrected chi connectivity index (χ0v) is 19.0. The van der Waals surface area contributed by atoms with Crippen molar-refractivity contribution in [1.82, 2.24) is 10.6 Å². The number of ether oxygens (including phenoxy) is 1. The summed E-state index contributed by atoms with van der Waals surface area (Å²) in [6.45, 7) is 1.50. The average Bonchev–Trinajstić information content (AvgIpc) is 2.76. The van der Waals surface area contributed by atoms with E-state index in [1.807, 2.05) is 30.3 Å². The van der Waals surface area contributed by atoms with Gasteiger partial charge in [0.15, 0.2) is 0 Å². The monoisotopic (exact) mass is 431 g/mol. The Morgan fingerprint density at radius 3 is 2.35 bits per heavy atom. The fourth-order valence-electron chi connectivity index (χ4n) is 4.15. The lowest BCUT2D eigenvalue weighted by Gasteiger charge is -2.19. The van der Waals surface area contributed by atoms with Gasteiger partial charge in [-0.15, -0.1) is 0 Å². The Kier molecular flexibility index (Phi) is 12.7. The Morgan fingerprint density at radius 1 is 0.935 bits per heavy atom. The first kappa shape index (κ1) is 25.2. The Morgan fingerprint density at radius 2 is 1.61 bits per heavy atom. The van der Waals surface area contributed by atoms with Gasteiger partial charge in [0.25, 0.3) is 0 Å². The number of benzene rings is 1. The first-order valence-corrected chi connectivity index (χ1v) is 12.1. The van der Waals surface area contributed by atoms with E-state index in [1.54, 1.807) is 0 Å². The number of nitrogens with two attached hydrogens (primary N) is 1. The van der Waals surface area contributed by atoms with Crippen molar-refractivity contribution in [2.24, 2.45) is 11.7 Å². The van der Waals surface area contributed by atoms with Crippen LogP contribution >= 0.6 is 0 Å². The van der Waals surface area contributed by atoms with Gasteiger partial charge < -0.3 is 21.1 Å². The average molecular weight is 432 g/mol. The first-order valence-electron chi connectivity index (χ1n) is 12.1. The molecular formula is C25H41N3O3. The van der Waals surface area contributed by atoms with E-state index in [-0.39, 0.29) is 12.5 Å². The van der Waals surface area contributed by atoms with Crippen LogP contribution in [0.15, 0.2) is 30.3 Å². The SMILES string of the molecule is N[C@@H](CCCCNC(=O)OCc1ccccc1)C(=O)NCCCC1CCCCCCC1. The molecule has 1 aliphatic carbocycles. The van der Waals surface area contributed by atoms with Gasteiger partial charge in [-0.1, -0.05) is 75.3 Å². The van der Waals surface area contributed by atoms with E-state index in [0.717, 1.165) is 37.3 Å². The Bertz CT molecular complexity index is 616. The third kappa shape index (κ3) is 11.8. The van der Waals surface area contributed by atoms with E-state index in [2.05, 4.69) is 10.6 Å². The van der Waals surface area contributed by atoms with Crippen LogP contribution in [-0.4, -0.2) is 31.1 Å². The lowest BCUT2D eigenvalue weighted by Crippen LogP contribution is -2.41. The number of hydrogen-bond acceptors (Lipinski definition) is 4. The van der Waals surface area contributed by atoms with E-state index >= 15 is 0 Å². The molecule has 1 fully saturated rings. The molecule has 1 aliphatic rings. The summed E-state index contributed by atoms with van der Waals surface area (Å²) in [4.78, 5) is 23.9. The molecule has 0 radical (unpaired) electrons. The second-order valence-corrected chi connectivity index (χ2v) is 8.74. The normalized spacial score (nSPS) is 16.0. The molecule has 0 unspecified atom stereocenters. The van der Waals surface area contributed by atoms with Crippen molar-refractivity contribution in [2.75, 3.05) is 13.1 Å². The number of rotatable bonds is 12. The molecule has 1 aromatic rings. The van der Waals surface area contributed by atoms with Gasteiger partial charge in [0.1, 0.15) is 6.61 Å². The summed E-state index contributed by atoms with van der Waals surface area (Å²) in [5.41, 5.74) is 6.97. The largest absolute Gasteiger partial charge is 0.445 e. The summed E-state index contributed by atoms with van der Waals surface area (Å²) >= 11 is 0. The van der Waals surface area contributed by atoms with Crippen LogP contribution in [0.2, 0.25) is 0 Å². The fraction of sp³-hybridized carbons (Fsp3) is 0.680. The van der Waals surface area contributed by atoms with E-state index in [4.69, 9.17) is 10.5 Å². The minimum absolute atomic E-state index is 0.0621. The smallest absolute Gasteiger partial charge is 0.407 e. The van der Waals surface area contributed by atoms with E-state index < -0.39 is 12.1 Å². The minimum Gasteiger partial charge on any atom is -0.445 e. The molecule has 2 rings (SSSR count). The number of unbranched alkanes of at least 4 members (excludes halogenated alkanes) is 1. The Labute approximate surface area is 187 Å². The second-order valence-electron chi connectivity index (χ2n) is 8.74. The van der Waals surface area contributed by atoms with Crippen LogP contribution in [0.3, 0.4) is 0 Å². The van der Waals surface area contributed by atoms with Crippen molar-refractivity contribution in [3.63, 3.8) is 0 Å². The predicted octanol–water partition coefficient (Wildman–Crippen LogP) is 4.67. The summed E-state index contributed by atoms with van der Waals surface area (Å²) in [6, 6.07) is 9.10. The lowest BCUT2D eigenvalue weighted by atomic mass is 9.88. The van der Waals surface area contributed by atoms with Gasteiger partial charge in [-0.3, -0.25) is 4.79 Å². The molecule has 1 saturated carbocycles. The number of carbonyl (C=O) groups excluding carboxylic acids is 2.